The van der Waals surface area contributed by atoms with Gasteiger partial charge >= 0.3 is 0 Å². The Morgan fingerprint density at radius 1 is 1.10 bits per heavy atom. The quantitative estimate of drug-likeness (QED) is 0.398. The van der Waals surface area contributed by atoms with Gasteiger partial charge in [0.25, 0.3) is 0 Å². The van der Waals surface area contributed by atoms with E-state index in [1.54, 1.807) is 0 Å². The number of allylic oxidation sites excluding steroid dienone is 1. The lowest BCUT2D eigenvalue weighted by molar-refractivity contribution is 0.612. The zero-order valence-corrected chi connectivity index (χ0v) is 18.0. The second-order valence-corrected chi connectivity index (χ2v) is 7.66. The number of benzene rings is 2. The van der Waals surface area contributed by atoms with E-state index in [1.165, 1.54) is 5.56 Å². The van der Waals surface area contributed by atoms with E-state index in [1.807, 2.05) is 29.0 Å². The molecule has 0 bridgehead atoms. The van der Waals surface area contributed by atoms with Crippen molar-refractivity contribution in [3.05, 3.63) is 78.4 Å². The van der Waals surface area contributed by atoms with Gasteiger partial charge in [0.05, 0.1) is 6.54 Å². The number of tetrazole rings is 1. The van der Waals surface area contributed by atoms with Crippen molar-refractivity contribution in [2.24, 2.45) is 0 Å². The summed E-state index contributed by atoms with van der Waals surface area (Å²) in [5.74, 6) is 2.88. The van der Waals surface area contributed by atoms with E-state index < -0.39 is 0 Å². The van der Waals surface area contributed by atoms with Crippen molar-refractivity contribution in [2.75, 3.05) is 0 Å². The smallest absolute Gasteiger partial charge is 0.205 e. The minimum absolute atomic E-state index is 0.354. The Labute approximate surface area is 182 Å². The predicted molar refractivity (Wildman–Crippen MR) is 121 cm³/mol. The van der Waals surface area contributed by atoms with E-state index in [4.69, 9.17) is 10.1 Å². The molecule has 7 nitrogen and oxygen atoms in total. The lowest BCUT2D eigenvalue weighted by Gasteiger charge is -2.09. The maximum Gasteiger partial charge on any atom is 0.205 e. The van der Waals surface area contributed by atoms with Crippen molar-refractivity contribution in [3.63, 3.8) is 0 Å². The van der Waals surface area contributed by atoms with Crippen LogP contribution < -0.4 is 0 Å². The summed E-state index contributed by atoms with van der Waals surface area (Å²) in [5, 5.41) is 19.3. The van der Waals surface area contributed by atoms with Gasteiger partial charge in [0.2, 0.25) is 5.82 Å². The summed E-state index contributed by atoms with van der Waals surface area (Å²) in [7, 11) is 0. The fourth-order valence-corrected chi connectivity index (χ4v) is 3.50. The standard InChI is InChI=1S/C24H27N7/c1-4-6-11-22-25-23(17(3)5-2)28-31(22)16-18-12-14-19(15-13-18)20-9-7-8-10-21(20)24-26-29-30-27-24/h4,7-10,12-15,17H,1,5-6,11,16H2,2-3H3,(H,26,27,29,30). The molecule has 31 heavy (non-hydrogen) atoms. The number of hydrogen-bond donors (Lipinski definition) is 1. The highest BCUT2D eigenvalue weighted by Gasteiger charge is 2.15. The van der Waals surface area contributed by atoms with Gasteiger partial charge in [-0.05, 0) is 34.7 Å². The van der Waals surface area contributed by atoms with Gasteiger partial charge in [-0.25, -0.2) is 9.67 Å². The van der Waals surface area contributed by atoms with Crippen LogP contribution >= 0.6 is 0 Å². The second kappa shape index (κ2) is 9.47. The van der Waals surface area contributed by atoms with E-state index in [-0.39, 0.29) is 0 Å². The summed E-state index contributed by atoms with van der Waals surface area (Å²) < 4.78 is 2.03. The third-order valence-corrected chi connectivity index (χ3v) is 5.50. The van der Waals surface area contributed by atoms with Crippen LogP contribution in [0.5, 0.6) is 0 Å². The SMILES string of the molecule is C=CCCc1nc(C(C)CC)nn1Cc1ccc(-c2ccccc2-c2nn[nH]n2)cc1. The third-order valence-electron chi connectivity index (χ3n) is 5.50. The van der Waals surface area contributed by atoms with Crippen LogP contribution in [0.4, 0.5) is 0 Å². The molecule has 0 amide bonds. The first-order valence-electron chi connectivity index (χ1n) is 10.7. The fraction of sp³-hybridized carbons (Fsp3) is 0.292. The van der Waals surface area contributed by atoms with Crippen LogP contribution in [0, 0.1) is 0 Å². The molecule has 0 saturated carbocycles. The first kappa shape index (κ1) is 20.7. The van der Waals surface area contributed by atoms with Crippen molar-refractivity contribution in [1.82, 2.24) is 35.4 Å². The first-order valence-corrected chi connectivity index (χ1v) is 10.7. The molecule has 0 aliphatic heterocycles. The molecule has 0 aliphatic rings. The zero-order chi connectivity index (χ0) is 21.6. The molecule has 1 atom stereocenters. The summed E-state index contributed by atoms with van der Waals surface area (Å²) >= 11 is 0. The molecular weight excluding hydrogens is 386 g/mol. The molecule has 2 heterocycles. The Hall–Kier alpha value is -3.61. The van der Waals surface area contributed by atoms with Crippen LogP contribution in [-0.2, 0) is 13.0 Å². The van der Waals surface area contributed by atoms with Crippen molar-refractivity contribution in [1.29, 1.82) is 0 Å². The highest BCUT2D eigenvalue weighted by molar-refractivity contribution is 5.80. The van der Waals surface area contributed by atoms with Crippen LogP contribution in [0.2, 0.25) is 0 Å². The average Bonchev–Trinajstić information content (AvgIpc) is 3.48. The molecule has 2 aromatic carbocycles. The van der Waals surface area contributed by atoms with E-state index in [9.17, 15) is 0 Å². The molecule has 1 N–H and O–H groups in total. The number of aryl methyl sites for hydroxylation is 1. The van der Waals surface area contributed by atoms with Crippen LogP contribution in [0.15, 0.2) is 61.2 Å². The molecule has 0 spiro atoms. The highest BCUT2D eigenvalue weighted by Crippen LogP contribution is 2.29. The minimum atomic E-state index is 0.354. The Morgan fingerprint density at radius 2 is 1.87 bits per heavy atom. The maximum absolute atomic E-state index is 4.80. The van der Waals surface area contributed by atoms with Gasteiger partial charge < -0.3 is 0 Å². The van der Waals surface area contributed by atoms with Crippen molar-refractivity contribution in [2.45, 2.75) is 45.6 Å². The zero-order valence-electron chi connectivity index (χ0n) is 18.0. The van der Waals surface area contributed by atoms with Gasteiger partial charge in [0.15, 0.2) is 5.82 Å². The van der Waals surface area contributed by atoms with Gasteiger partial charge in [-0.3, -0.25) is 0 Å². The van der Waals surface area contributed by atoms with Gasteiger partial charge in [-0.15, -0.1) is 16.8 Å². The maximum atomic E-state index is 4.80. The summed E-state index contributed by atoms with van der Waals surface area (Å²) in [5.41, 5.74) is 4.31. The van der Waals surface area contributed by atoms with E-state index >= 15 is 0 Å². The van der Waals surface area contributed by atoms with Crippen LogP contribution in [0.3, 0.4) is 0 Å². The number of aromatic amines is 1. The van der Waals surface area contributed by atoms with Crippen LogP contribution in [-0.4, -0.2) is 35.4 Å². The number of hydrogen-bond acceptors (Lipinski definition) is 5. The van der Waals surface area contributed by atoms with Gasteiger partial charge in [-0.1, -0.05) is 68.5 Å². The number of nitrogens with zero attached hydrogens (tertiary/aromatic N) is 6. The summed E-state index contributed by atoms with van der Waals surface area (Å²) in [6, 6.07) is 16.6. The normalized spacial score (nSPS) is 12.1. The van der Waals surface area contributed by atoms with E-state index in [2.05, 4.69) is 71.4 Å². The molecule has 0 saturated heterocycles. The van der Waals surface area contributed by atoms with Gasteiger partial charge in [0, 0.05) is 17.9 Å². The van der Waals surface area contributed by atoms with Crippen molar-refractivity contribution < 1.29 is 0 Å². The Bertz CT molecular complexity index is 1130. The van der Waals surface area contributed by atoms with Gasteiger partial charge in [0.1, 0.15) is 5.82 Å². The van der Waals surface area contributed by atoms with E-state index in [0.717, 1.165) is 47.6 Å². The van der Waals surface area contributed by atoms with Crippen molar-refractivity contribution in [3.8, 4) is 22.5 Å². The largest absolute Gasteiger partial charge is 0.245 e. The Balaban J connectivity index is 1.59. The summed E-state index contributed by atoms with van der Waals surface area (Å²) in [6.45, 7) is 8.88. The average molecular weight is 414 g/mol. The molecule has 2 aromatic heterocycles. The predicted octanol–water partition coefficient (Wildman–Crippen LogP) is 4.81. The fourth-order valence-electron chi connectivity index (χ4n) is 3.50. The summed E-state index contributed by atoms with van der Waals surface area (Å²) in [6.07, 6.45) is 4.70. The Kier molecular flexibility index (Phi) is 6.31. The number of aromatic nitrogens is 7. The molecule has 7 heteroatoms. The molecule has 0 aliphatic carbocycles. The molecule has 4 aromatic rings. The topological polar surface area (TPSA) is 85.2 Å². The Morgan fingerprint density at radius 3 is 2.55 bits per heavy atom. The van der Waals surface area contributed by atoms with Crippen LogP contribution in [0.1, 0.15) is 49.8 Å². The number of H-pyrrole nitrogens is 1. The van der Waals surface area contributed by atoms with Crippen LogP contribution in [0.25, 0.3) is 22.5 Å². The molecule has 0 fully saturated rings. The number of nitrogens with one attached hydrogen (secondary N) is 1. The first-order chi connectivity index (χ1) is 15.2. The molecule has 1 unspecified atom stereocenters. The molecule has 158 valence electrons. The molecular formula is C24H27N7. The monoisotopic (exact) mass is 413 g/mol. The molecule has 0 radical (unpaired) electrons. The van der Waals surface area contributed by atoms with Crippen molar-refractivity contribution >= 4 is 0 Å². The lowest BCUT2D eigenvalue weighted by atomic mass is 9.98. The number of rotatable bonds is 9. The minimum Gasteiger partial charge on any atom is -0.245 e. The second-order valence-electron chi connectivity index (χ2n) is 7.66. The highest BCUT2D eigenvalue weighted by atomic mass is 15.5. The van der Waals surface area contributed by atoms with E-state index in [0.29, 0.717) is 18.3 Å². The summed E-state index contributed by atoms with van der Waals surface area (Å²) in [4.78, 5) is 4.80. The lowest BCUT2D eigenvalue weighted by Crippen LogP contribution is -2.07. The third kappa shape index (κ3) is 4.60. The molecule has 4 rings (SSSR count). The van der Waals surface area contributed by atoms with Gasteiger partial charge in [-0.2, -0.15) is 10.3 Å².